The predicted molar refractivity (Wildman–Crippen MR) is 112 cm³/mol. The Bertz CT molecular complexity index is 863. The van der Waals surface area contributed by atoms with Crippen molar-refractivity contribution in [3.8, 4) is 11.5 Å². The monoisotopic (exact) mass is 430 g/mol. The van der Waals surface area contributed by atoms with Crippen LogP contribution in [0.4, 0.5) is 0 Å². The van der Waals surface area contributed by atoms with Crippen LogP contribution in [0.1, 0.15) is 22.3 Å². The van der Waals surface area contributed by atoms with Gasteiger partial charge in [-0.15, -0.1) is 0 Å². The minimum absolute atomic E-state index is 0.171. The van der Waals surface area contributed by atoms with Crippen LogP contribution < -0.4 is 14.9 Å². The van der Waals surface area contributed by atoms with Gasteiger partial charge in [0, 0.05) is 0 Å². The third-order valence-corrected chi connectivity index (χ3v) is 4.44. The molecule has 0 radical (unpaired) electrons. The Morgan fingerprint density at radius 1 is 1.30 bits per heavy atom. The number of aryl methyl sites for hydroxylation is 2. The fourth-order valence-electron chi connectivity index (χ4n) is 2.53. The number of hydrogen-bond donors (Lipinski definition) is 1. The van der Waals surface area contributed by atoms with Crippen molar-refractivity contribution in [2.75, 3.05) is 13.7 Å². The summed E-state index contributed by atoms with van der Waals surface area (Å²) in [5.74, 6) is 0.984. The largest absolute Gasteiger partial charge is 0.493 e. The Hall–Kier alpha value is -2.60. The van der Waals surface area contributed by atoms with Gasteiger partial charge in [0.05, 0.1) is 24.2 Å². The molecule has 5 nitrogen and oxygen atoms in total. The number of benzene rings is 2. The molecule has 0 atom stereocenters. The van der Waals surface area contributed by atoms with Gasteiger partial charge >= 0.3 is 0 Å². The van der Waals surface area contributed by atoms with Crippen LogP contribution in [0, 0.1) is 13.8 Å². The van der Waals surface area contributed by atoms with Gasteiger partial charge in [-0.25, -0.2) is 5.43 Å². The van der Waals surface area contributed by atoms with Gasteiger partial charge in [0.1, 0.15) is 6.61 Å². The SMILES string of the molecule is C=CCOc1c(Br)cc(/C=N/NC(=O)Cc2ccc(C)cc2C)cc1OC. The maximum absolute atomic E-state index is 12.1. The number of nitrogens with zero attached hydrogens (tertiary/aromatic N) is 1. The van der Waals surface area contributed by atoms with Gasteiger partial charge in [-0.05, 0) is 58.6 Å². The Morgan fingerprint density at radius 2 is 2.07 bits per heavy atom. The number of ether oxygens (including phenoxy) is 2. The average molecular weight is 431 g/mol. The molecule has 0 bridgehead atoms. The van der Waals surface area contributed by atoms with Crippen LogP contribution in [0.15, 0.2) is 52.6 Å². The highest BCUT2D eigenvalue weighted by atomic mass is 79.9. The van der Waals surface area contributed by atoms with E-state index in [2.05, 4.69) is 39.1 Å². The number of nitrogens with one attached hydrogen (secondary N) is 1. The zero-order valence-electron chi connectivity index (χ0n) is 15.7. The summed E-state index contributed by atoms with van der Waals surface area (Å²) in [7, 11) is 1.56. The van der Waals surface area contributed by atoms with E-state index in [0.29, 0.717) is 18.1 Å². The van der Waals surface area contributed by atoms with Crippen LogP contribution in [0.3, 0.4) is 0 Å². The number of methoxy groups -OCH3 is 1. The molecule has 0 saturated heterocycles. The normalized spacial score (nSPS) is 10.7. The second-order valence-corrected chi connectivity index (χ2v) is 6.89. The van der Waals surface area contributed by atoms with Gasteiger partial charge < -0.3 is 9.47 Å². The second kappa shape index (κ2) is 9.92. The number of halogens is 1. The molecule has 0 heterocycles. The Morgan fingerprint density at radius 3 is 2.74 bits per heavy atom. The van der Waals surface area contributed by atoms with Crippen LogP contribution in [0.5, 0.6) is 11.5 Å². The maximum atomic E-state index is 12.1. The highest BCUT2D eigenvalue weighted by Gasteiger charge is 2.11. The van der Waals surface area contributed by atoms with E-state index in [1.54, 1.807) is 25.5 Å². The van der Waals surface area contributed by atoms with E-state index in [9.17, 15) is 4.79 Å². The van der Waals surface area contributed by atoms with Gasteiger partial charge in [-0.2, -0.15) is 5.10 Å². The smallest absolute Gasteiger partial charge is 0.244 e. The zero-order chi connectivity index (χ0) is 19.8. The maximum Gasteiger partial charge on any atom is 0.244 e. The summed E-state index contributed by atoms with van der Waals surface area (Å²) >= 11 is 3.46. The second-order valence-electron chi connectivity index (χ2n) is 6.03. The van der Waals surface area contributed by atoms with Gasteiger partial charge in [-0.1, -0.05) is 36.4 Å². The molecule has 0 unspecified atom stereocenters. The molecule has 2 aromatic carbocycles. The van der Waals surface area contributed by atoms with Crippen molar-refractivity contribution < 1.29 is 14.3 Å². The number of rotatable bonds is 8. The first-order valence-electron chi connectivity index (χ1n) is 8.44. The van der Waals surface area contributed by atoms with Gasteiger partial charge in [0.25, 0.3) is 0 Å². The third-order valence-electron chi connectivity index (χ3n) is 3.85. The Balaban J connectivity index is 2.03. The third kappa shape index (κ3) is 5.96. The molecule has 6 heteroatoms. The number of hydrogen-bond acceptors (Lipinski definition) is 4. The van der Waals surface area contributed by atoms with Crippen LogP contribution in [-0.4, -0.2) is 25.8 Å². The Labute approximate surface area is 168 Å². The lowest BCUT2D eigenvalue weighted by Gasteiger charge is -2.12. The first-order chi connectivity index (χ1) is 12.9. The van der Waals surface area contributed by atoms with E-state index in [0.717, 1.165) is 21.2 Å². The molecule has 2 rings (SSSR count). The van der Waals surface area contributed by atoms with Gasteiger partial charge in [0.15, 0.2) is 11.5 Å². The van der Waals surface area contributed by atoms with Crippen LogP contribution >= 0.6 is 15.9 Å². The van der Waals surface area contributed by atoms with Crippen molar-refractivity contribution in [3.63, 3.8) is 0 Å². The molecule has 1 N–H and O–H groups in total. The van der Waals surface area contributed by atoms with E-state index in [1.807, 2.05) is 32.0 Å². The minimum atomic E-state index is -0.171. The van der Waals surface area contributed by atoms with Crippen molar-refractivity contribution >= 4 is 28.1 Å². The lowest BCUT2D eigenvalue weighted by molar-refractivity contribution is -0.120. The summed E-state index contributed by atoms with van der Waals surface area (Å²) in [6.07, 6.45) is 3.50. The van der Waals surface area contributed by atoms with Crippen LogP contribution in [0.2, 0.25) is 0 Å². The summed E-state index contributed by atoms with van der Waals surface area (Å²) in [6.45, 7) is 8.03. The summed E-state index contributed by atoms with van der Waals surface area (Å²) in [4.78, 5) is 12.1. The van der Waals surface area contributed by atoms with Crippen molar-refractivity contribution in [1.29, 1.82) is 0 Å². The Kier molecular flexibility index (Phi) is 7.61. The topological polar surface area (TPSA) is 59.9 Å². The molecule has 0 aromatic heterocycles. The van der Waals surface area contributed by atoms with E-state index in [4.69, 9.17) is 9.47 Å². The molecule has 142 valence electrons. The molecule has 0 aliphatic carbocycles. The lowest BCUT2D eigenvalue weighted by atomic mass is 10.0. The van der Waals surface area contributed by atoms with Crippen molar-refractivity contribution in [2.24, 2.45) is 5.10 Å². The van der Waals surface area contributed by atoms with Crippen LogP contribution in [-0.2, 0) is 11.2 Å². The number of carbonyl (C=O) groups excluding carboxylic acids is 1. The quantitative estimate of drug-likeness (QED) is 0.385. The molecule has 0 spiro atoms. The fourth-order valence-corrected chi connectivity index (χ4v) is 3.11. The highest BCUT2D eigenvalue weighted by Crippen LogP contribution is 2.36. The number of amides is 1. The predicted octanol–water partition coefficient (Wildman–Crippen LogP) is 4.33. The van der Waals surface area contributed by atoms with E-state index in [1.165, 1.54) is 5.56 Å². The summed E-state index contributed by atoms with van der Waals surface area (Å²) in [5.41, 5.74) is 6.58. The van der Waals surface area contributed by atoms with Crippen molar-refractivity contribution in [1.82, 2.24) is 5.43 Å². The van der Waals surface area contributed by atoms with Crippen molar-refractivity contribution in [3.05, 3.63) is 69.7 Å². The zero-order valence-corrected chi connectivity index (χ0v) is 17.3. The van der Waals surface area contributed by atoms with Gasteiger partial charge in [-0.3, -0.25) is 4.79 Å². The molecule has 2 aromatic rings. The van der Waals surface area contributed by atoms with Gasteiger partial charge in [0.2, 0.25) is 5.91 Å². The molecule has 1 amide bonds. The molecule has 0 aliphatic heterocycles. The van der Waals surface area contributed by atoms with E-state index in [-0.39, 0.29) is 12.3 Å². The molecule has 27 heavy (non-hydrogen) atoms. The molecule has 0 fully saturated rings. The summed E-state index contributed by atoms with van der Waals surface area (Å²) in [6, 6.07) is 9.64. The first kappa shape index (κ1) is 20.7. The minimum Gasteiger partial charge on any atom is -0.493 e. The molecule has 0 saturated carbocycles. The highest BCUT2D eigenvalue weighted by molar-refractivity contribution is 9.10. The lowest BCUT2D eigenvalue weighted by Crippen LogP contribution is -2.20. The average Bonchev–Trinajstić information content (AvgIpc) is 2.63. The molecule has 0 aliphatic rings. The summed E-state index contributed by atoms with van der Waals surface area (Å²) < 4.78 is 11.7. The molecular formula is C21H23BrN2O3. The van der Waals surface area contributed by atoms with E-state index < -0.39 is 0 Å². The van der Waals surface area contributed by atoms with Crippen molar-refractivity contribution in [2.45, 2.75) is 20.3 Å². The molecular weight excluding hydrogens is 408 g/mol. The fraction of sp³-hybridized carbons (Fsp3) is 0.238. The number of hydrazone groups is 1. The number of carbonyl (C=O) groups is 1. The van der Waals surface area contributed by atoms with E-state index >= 15 is 0 Å². The van der Waals surface area contributed by atoms with Crippen LogP contribution in [0.25, 0.3) is 0 Å². The summed E-state index contributed by atoms with van der Waals surface area (Å²) in [5, 5.41) is 4.04. The standard InChI is InChI=1S/C21H23BrN2O3/c1-5-8-27-21-18(22)10-16(11-19(21)26-4)13-23-24-20(25)12-17-7-6-14(2)9-15(17)3/h5-7,9-11,13H,1,8,12H2,2-4H3,(H,24,25)/b23-13+. The first-order valence-corrected chi connectivity index (χ1v) is 9.23.